The van der Waals surface area contributed by atoms with Gasteiger partial charge in [-0.05, 0) is 17.2 Å². The molecule has 6 nitrogen and oxygen atoms in total. The van der Waals surface area contributed by atoms with E-state index in [1.807, 2.05) is 24.3 Å². The van der Waals surface area contributed by atoms with Crippen LogP contribution in [0.15, 0.2) is 41.3 Å². The van der Waals surface area contributed by atoms with Gasteiger partial charge in [0.1, 0.15) is 0 Å². The zero-order valence-corrected chi connectivity index (χ0v) is 13.0. The van der Waals surface area contributed by atoms with Crippen LogP contribution in [0.2, 0.25) is 0 Å². The summed E-state index contributed by atoms with van der Waals surface area (Å²) >= 11 is 0. The number of esters is 1. The lowest BCUT2D eigenvalue weighted by Gasteiger charge is -2.06. The lowest BCUT2D eigenvalue weighted by atomic mass is 10.0. The number of ether oxygens (including phenoxy) is 1. The normalized spacial score (nSPS) is 10.2. The average molecular weight is 314 g/mol. The Kier molecular flexibility index (Phi) is 5.30. The topological polar surface area (TPSA) is 88.3 Å². The van der Waals surface area contributed by atoms with E-state index in [1.165, 1.54) is 26.3 Å². The van der Waals surface area contributed by atoms with E-state index in [-0.39, 0.29) is 11.5 Å². The van der Waals surface area contributed by atoms with E-state index in [4.69, 9.17) is 0 Å². The second kappa shape index (κ2) is 7.40. The number of pyridine rings is 1. The first kappa shape index (κ1) is 16.5. The van der Waals surface area contributed by atoms with Crippen LogP contribution >= 0.6 is 0 Å². The first-order valence-corrected chi connectivity index (χ1v) is 7.12. The van der Waals surface area contributed by atoms with E-state index < -0.39 is 5.97 Å². The van der Waals surface area contributed by atoms with Crippen LogP contribution in [0.1, 0.15) is 34.0 Å². The molecule has 0 spiro atoms. The van der Waals surface area contributed by atoms with Crippen LogP contribution in [0.25, 0.3) is 0 Å². The Morgan fingerprint density at radius 2 is 1.83 bits per heavy atom. The van der Waals surface area contributed by atoms with E-state index >= 15 is 0 Å². The van der Waals surface area contributed by atoms with Gasteiger partial charge in [0.15, 0.2) is 0 Å². The van der Waals surface area contributed by atoms with Crippen LogP contribution in [-0.2, 0) is 22.5 Å². The van der Waals surface area contributed by atoms with Gasteiger partial charge in [0.05, 0.1) is 12.7 Å². The van der Waals surface area contributed by atoms with E-state index in [1.54, 1.807) is 0 Å². The van der Waals surface area contributed by atoms with Gasteiger partial charge < -0.3 is 15.0 Å². The molecule has 0 aliphatic rings. The molecule has 1 amide bonds. The molecule has 0 atom stereocenters. The van der Waals surface area contributed by atoms with Crippen LogP contribution in [-0.4, -0.2) is 24.0 Å². The Morgan fingerprint density at radius 1 is 1.17 bits per heavy atom. The number of aromatic amines is 1. The fourth-order valence-corrected chi connectivity index (χ4v) is 2.12. The monoisotopic (exact) mass is 314 g/mol. The third kappa shape index (κ3) is 4.54. The van der Waals surface area contributed by atoms with Crippen molar-refractivity contribution in [1.29, 1.82) is 0 Å². The lowest BCUT2D eigenvalue weighted by molar-refractivity contribution is -0.119. The van der Waals surface area contributed by atoms with Crippen LogP contribution < -0.4 is 10.9 Å². The van der Waals surface area contributed by atoms with Gasteiger partial charge in [-0.1, -0.05) is 24.3 Å². The highest BCUT2D eigenvalue weighted by molar-refractivity contribution is 5.89. The second-order valence-electron chi connectivity index (χ2n) is 5.14. The predicted octanol–water partition coefficient (Wildman–Crippen LogP) is 1.39. The number of nitrogens with one attached hydrogen (secondary N) is 2. The molecule has 0 aliphatic carbocycles. The molecule has 1 aromatic carbocycles. The van der Waals surface area contributed by atoms with Gasteiger partial charge in [0.25, 0.3) is 5.56 Å². The summed E-state index contributed by atoms with van der Waals surface area (Å²) in [5.41, 5.74) is 2.47. The third-order valence-corrected chi connectivity index (χ3v) is 3.36. The van der Waals surface area contributed by atoms with Crippen molar-refractivity contribution in [2.75, 3.05) is 7.11 Å². The Hall–Kier alpha value is -2.89. The maximum absolute atomic E-state index is 11.9. The van der Waals surface area contributed by atoms with Gasteiger partial charge in [0, 0.05) is 31.6 Å². The minimum Gasteiger partial charge on any atom is -0.465 e. The molecule has 6 heteroatoms. The maximum atomic E-state index is 11.9. The van der Waals surface area contributed by atoms with Gasteiger partial charge in [-0.3, -0.25) is 9.59 Å². The molecule has 2 aromatic rings. The molecule has 2 rings (SSSR count). The van der Waals surface area contributed by atoms with Crippen LogP contribution in [0.3, 0.4) is 0 Å². The molecule has 1 heterocycles. The highest BCUT2D eigenvalue weighted by atomic mass is 16.5. The number of hydrogen-bond acceptors (Lipinski definition) is 4. The Bertz CT molecular complexity index is 763. The molecule has 0 bridgehead atoms. The molecule has 0 saturated heterocycles. The van der Waals surface area contributed by atoms with Crippen LogP contribution in [0.4, 0.5) is 0 Å². The molecule has 0 aliphatic heterocycles. The number of benzene rings is 1. The summed E-state index contributed by atoms with van der Waals surface area (Å²) in [7, 11) is 1.29. The fraction of sp³-hybridized carbons (Fsp3) is 0.235. The molecule has 0 saturated carbocycles. The largest absolute Gasteiger partial charge is 0.465 e. The van der Waals surface area contributed by atoms with E-state index in [0.717, 1.165) is 11.1 Å². The second-order valence-corrected chi connectivity index (χ2v) is 5.14. The Morgan fingerprint density at radius 3 is 2.43 bits per heavy atom. The van der Waals surface area contributed by atoms with Crippen molar-refractivity contribution in [2.24, 2.45) is 0 Å². The Labute approximate surface area is 133 Å². The molecule has 23 heavy (non-hydrogen) atoms. The highest BCUT2D eigenvalue weighted by Gasteiger charge is 2.09. The van der Waals surface area contributed by atoms with Crippen molar-refractivity contribution in [2.45, 2.75) is 19.9 Å². The molecule has 2 N–H and O–H groups in total. The summed E-state index contributed by atoms with van der Waals surface area (Å²) < 4.78 is 4.65. The summed E-state index contributed by atoms with van der Waals surface area (Å²) in [6.45, 7) is 1.93. The Balaban J connectivity index is 2.14. The smallest absolute Gasteiger partial charge is 0.339 e. The quantitative estimate of drug-likeness (QED) is 0.816. The summed E-state index contributed by atoms with van der Waals surface area (Å²) in [6, 6.07) is 9.10. The van der Waals surface area contributed by atoms with Gasteiger partial charge in [0.2, 0.25) is 5.91 Å². The van der Waals surface area contributed by atoms with Crippen molar-refractivity contribution >= 4 is 11.9 Å². The number of amides is 1. The van der Waals surface area contributed by atoms with Crippen molar-refractivity contribution < 1.29 is 14.3 Å². The van der Waals surface area contributed by atoms with Crippen LogP contribution in [0.5, 0.6) is 0 Å². The van der Waals surface area contributed by atoms with E-state index in [9.17, 15) is 14.4 Å². The summed E-state index contributed by atoms with van der Waals surface area (Å²) in [6.07, 6.45) is 1.74. The van der Waals surface area contributed by atoms with E-state index in [2.05, 4.69) is 15.0 Å². The molecule has 0 fully saturated rings. The molecule has 0 unspecified atom stereocenters. The number of carbonyl (C=O) groups is 2. The first-order chi connectivity index (χ1) is 11.0. The molecule has 120 valence electrons. The number of carbonyl (C=O) groups excluding carboxylic acids is 2. The minimum absolute atomic E-state index is 0.0831. The average Bonchev–Trinajstić information content (AvgIpc) is 2.55. The molecule has 0 radical (unpaired) electrons. The van der Waals surface area contributed by atoms with Crippen molar-refractivity contribution in [1.82, 2.24) is 10.3 Å². The number of hydrogen-bond donors (Lipinski definition) is 2. The summed E-state index contributed by atoms with van der Waals surface area (Å²) in [5, 5.41) is 2.72. The third-order valence-electron chi connectivity index (χ3n) is 3.36. The summed E-state index contributed by atoms with van der Waals surface area (Å²) in [4.78, 5) is 36.8. The first-order valence-electron chi connectivity index (χ1n) is 7.12. The van der Waals surface area contributed by atoms with Crippen molar-refractivity contribution in [3.63, 3.8) is 0 Å². The van der Waals surface area contributed by atoms with Gasteiger partial charge in [-0.15, -0.1) is 0 Å². The van der Waals surface area contributed by atoms with Gasteiger partial charge in [-0.25, -0.2) is 4.79 Å². The predicted molar refractivity (Wildman–Crippen MR) is 85.2 cm³/mol. The number of rotatable bonds is 5. The van der Waals surface area contributed by atoms with E-state index in [0.29, 0.717) is 24.1 Å². The fourth-order valence-electron chi connectivity index (χ4n) is 2.12. The standard InChI is InChI=1S/C17H18N2O4/c1-11(20)18-9-13-5-3-12(4-6-13)7-14-8-15(17(22)23-2)10-19-16(14)21/h3-6,8,10H,7,9H2,1-2H3,(H,18,20)(H,19,21). The zero-order valence-electron chi connectivity index (χ0n) is 13.0. The minimum atomic E-state index is -0.492. The number of H-pyrrole nitrogens is 1. The van der Waals surface area contributed by atoms with Crippen molar-refractivity contribution in [3.05, 3.63) is 69.1 Å². The van der Waals surface area contributed by atoms with Gasteiger partial charge in [-0.2, -0.15) is 0 Å². The summed E-state index contributed by atoms with van der Waals surface area (Å²) in [5.74, 6) is -0.576. The maximum Gasteiger partial charge on any atom is 0.339 e. The molecule has 1 aromatic heterocycles. The zero-order chi connectivity index (χ0) is 16.8. The highest BCUT2D eigenvalue weighted by Crippen LogP contribution is 2.10. The van der Waals surface area contributed by atoms with Crippen molar-refractivity contribution in [3.8, 4) is 0 Å². The SMILES string of the molecule is COC(=O)c1c[nH]c(=O)c(Cc2ccc(CNC(C)=O)cc2)c1. The van der Waals surface area contributed by atoms with Crippen LogP contribution in [0, 0.1) is 0 Å². The molecular formula is C17H18N2O4. The molecular weight excluding hydrogens is 296 g/mol. The number of aromatic nitrogens is 1. The van der Waals surface area contributed by atoms with Gasteiger partial charge >= 0.3 is 5.97 Å². The number of methoxy groups -OCH3 is 1. The lowest BCUT2D eigenvalue weighted by Crippen LogP contribution is -2.18.